The molecule has 0 amide bonds. The molecule has 0 aromatic heterocycles. The molecule has 4 nitrogen and oxygen atoms in total. The van der Waals surface area contributed by atoms with Gasteiger partial charge in [-0.2, -0.15) is 0 Å². The Morgan fingerprint density at radius 3 is 1.04 bits per heavy atom. The van der Waals surface area contributed by atoms with Crippen LogP contribution in [0.2, 0.25) is 0 Å². The van der Waals surface area contributed by atoms with Gasteiger partial charge in [0.05, 0.1) is 7.11 Å². The van der Waals surface area contributed by atoms with Crippen LogP contribution in [0.4, 0.5) is 0 Å². The van der Waals surface area contributed by atoms with Crippen LogP contribution in [0.5, 0.6) is 17.2 Å². The van der Waals surface area contributed by atoms with Crippen molar-refractivity contribution in [3.05, 3.63) is 91.0 Å². The zero-order valence-corrected chi connectivity index (χ0v) is 14.1. The quantitative estimate of drug-likeness (QED) is 0.528. The van der Waals surface area contributed by atoms with Crippen molar-refractivity contribution in [2.24, 2.45) is 0 Å². The molecule has 0 N–H and O–H groups in total. The van der Waals surface area contributed by atoms with Crippen LogP contribution in [0, 0.1) is 0 Å². The van der Waals surface area contributed by atoms with Gasteiger partial charge in [-0.15, -0.1) is 4.52 Å². The minimum Gasteiger partial charge on any atom is -0.248 e. The topological polar surface area (TPSA) is 36.9 Å². The molecule has 3 aromatic rings. The summed E-state index contributed by atoms with van der Waals surface area (Å²) in [5, 5.41) is 0. The summed E-state index contributed by atoms with van der Waals surface area (Å²) in [6.07, 6.45) is 0. The summed E-state index contributed by atoms with van der Waals surface area (Å²) in [6.45, 7) is 0. The van der Waals surface area contributed by atoms with Gasteiger partial charge in [0, 0.05) is 0 Å². The van der Waals surface area contributed by atoms with Gasteiger partial charge in [0.1, 0.15) is 0 Å². The maximum atomic E-state index is 6.00. The van der Waals surface area contributed by atoms with Crippen LogP contribution in [0.3, 0.4) is 0 Å². The Morgan fingerprint density at radius 2 is 0.792 bits per heavy atom. The molecule has 0 radical (unpaired) electrons. The Bertz CT molecular complexity index is 634. The smallest absolute Gasteiger partial charge is 0.248 e. The van der Waals surface area contributed by atoms with Crippen LogP contribution >= 0.6 is 8.17 Å². The molecular formula is C19H18O4P+. The van der Waals surface area contributed by atoms with Crippen LogP contribution in [-0.2, 0) is 4.52 Å². The average Bonchev–Trinajstić information content (AvgIpc) is 2.64. The second-order valence-corrected chi connectivity index (χ2v) is 6.65. The predicted octanol–water partition coefficient (Wildman–Crippen LogP) is 5.55. The second-order valence-electron chi connectivity index (χ2n) is 4.84. The Morgan fingerprint density at radius 1 is 0.500 bits per heavy atom. The van der Waals surface area contributed by atoms with E-state index in [0.717, 1.165) is 0 Å². The molecule has 0 heterocycles. The predicted molar refractivity (Wildman–Crippen MR) is 95.1 cm³/mol. The third kappa shape index (κ3) is 4.25. The molecular weight excluding hydrogens is 323 g/mol. The van der Waals surface area contributed by atoms with Gasteiger partial charge in [-0.25, -0.2) is 13.6 Å². The lowest BCUT2D eigenvalue weighted by Gasteiger charge is -2.18. The lowest BCUT2D eigenvalue weighted by Crippen LogP contribution is -2.16. The number of para-hydroxylation sites is 3. The van der Waals surface area contributed by atoms with Gasteiger partial charge in [0.25, 0.3) is 0 Å². The van der Waals surface area contributed by atoms with Crippen molar-refractivity contribution >= 4 is 8.17 Å². The van der Waals surface area contributed by atoms with Gasteiger partial charge < -0.3 is 0 Å². The van der Waals surface area contributed by atoms with Crippen molar-refractivity contribution in [1.82, 2.24) is 0 Å². The molecule has 5 heteroatoms. The van der Waals surface area contributed by atoms with Crippen LogP contribution in [0.25, 0.3) is 0 Å². The maximum Gasteiger partial charge on any atom is 0.717 e. The van der Waals surface area contributed by atoms with Crippen LogP contribution in [0.15, 0.2) is 91.0 Å². The Labute approximate surface area is 142 Å². The Hall–Kier alpha value is -2.55. The molecule has 0 saturated heterocycles. The second kappa shape index (κ2) is 7.82. The highest BCUT2D eigenvalue weighted by atomic mass is 31.2. The van der Waals surface area contributed by atoms with E-state index >= 15 is 0 Å². The van der Waals surface area contributed by atoms with Gasteiger partial charge in [-0.1, -0.05) is 54.6 Å². The zero-order chi connectivity index (χ0) is 16.7. The molecule has 0 bridgehead atoms. The Kier molecular flexibility index (Phi) is 5.32. The fraction of sp³-hybridized carbons (Fsp3) is 0.0526. The first kappa shape index (κ1) is 16.3. The van der Waals surface area contributed by atoms with Crippen molar-refractivity contribution in [3.8, 4) is 17.2 Å². The molecule has 0 saturated carbocycles. The highest BCUT2D eigenvalue weighted by Crippen LogP contribution is 2.60. The monoisotopic (exact) mass is 341 g/mol. The zero-order valence-electron chi connectivity index (χ0n) is 13.2. The van der Waals surface area contributed by atoms with Crippen LogP contribution in [-0.4, -0.2) is 7.11 Å². The largest absolute Gasteiger partial charge is 0.717 e. The molecule has 3 aromatic carbocycles. The van der Waals surface area contributed by atoms with Gasteiger partial charge in [0.15, 0.2) is 17.2 Å². The van der Waals surface area contributed by atoms with E-state index in [4.69, 9.17) is 18.1 Å². The van der Waals surface area contributed by atoms with Crippen molar-refractivity contribution < 1.29 is 18.1 Å². The fourth-order valence-electron chi connectivity index (χ4n) is 2.00. The summed E-state index contributed by atoms with van der Waals surface area (Å²) in [4.78, 5) is 0. The summed E-state index contributed by atoms with van der Waals surface area (Å²) >= 11 is 0. The summed E-state index contributed by atoms with van der Waals surface area (Å²) in [5.74, 6) is 1.83. The first-order valence-electron chi connectivity index (χ1n) is 7.48. The standard InChI is InChI=1S/C19H18O4P/c1-20-24(21-17-11-5-2-6-12-17,22-18-13-7-3-8-14-18)23-19-15-9-4-10-16-19/h2-16H,1H3/q+1. The molecule has 0 aliphatic heterocycles. The SMILES string of the molecule is CO[P+](Oc1ccccc1)(Oc1ccccc1)Oc1ccccc1. The van der Waals surface area contributed by atoms with Crippen LogP contribution < -0.4 is 13.6 Å². The molecule has 0 aliphatic carbocycles. The molecule has 0 aliphatic rings. The summed E-state index contributed by atoms with van der Waals surface area (Å²) < 4.78 is 23.6. The minimum atomic E-state index is -3.14. The van der Waals surface area contributed by atoms with Crippen molar-refractivity contribution in [2.75, 3.05) is 7.11 Å². The van der Waals surface area contributed by atoms with E-state index < -0.39 is 8.17 Å². The van der Waals surface area contributed by atoms with E-state index in [1.807, 2.05) is 91.0 Å². The van der Waals surface area contributed by atoms with E-state index in [2.05, 4.69) is 0 Å². The van der Waals surface area contributed by atoms with Crippen molar-refractivity contribution in [2.45, 2.75) is 0 Å². The Balaban J connectivity index is 1.91. The molecule has 3 rings (SSSR count). The number of hydrogen-bond donors (Lipinski definition) is 0. The molecule has 0 atom stereocenters. The summed E-state index contributed by atoms with van der Waals surface area (Å²) in [5.41, 5.74) is 0. The molecule has 24 heavy (non-hydrogen) atoms. The minimum absolute atomic E-state index is 0.611. The molecule has 0 unspecified atom stereocenters. The van der Waals surface area contributed by atoms with E-state index in [9.17, 15) is 0 Å². The summed E-state index contributed by atoms with van der Waals surface area (Å²) in [7, 11) is -1.63. The highest BCUT2D eigenvalue weighted by Gasteiger charge is 2.53. The van der Waals surface area contributed by atoms with Gasteiger partial charge in [-0.3, -0.25) is 0 Å². The first-order valence-corrected chi connectivity index (χ1v) is 8.94. The first-order chi connectivity index (χ1) is 11.8. The lowest BCUT2D eigenvalue weighted by molar-refractivity contribution is 0.217. The third-order valence-corrected chi connectivity index (χ3v) is 4.86. The van der Waals surface area contributed by atoms with E-state index in [0.29, 0.717) is 17.2 Å². The number of benzene rings is 3. The third-order valence-electron chi connectivity index (χ3n) is 3.10. The van der Waals surface area contributed by atoms with Gasteiger partial charge in [0.2, 0.25) is 0 Å². The van der Waals surface area contributed by atoms with Gasteiger partial charge >= 0.3 is 8.17 Å². The maximum absolute atomic E-state index is 6.00. The molecule has 122 valence electrons. The van der Waals surface area contributed by atoms with Crippen LogP contribution in [0.1, 0.15) is 0 Å². The number of rotatable bonds is 7. The van der Waals surface area contributed by atoms with E-state index in [-0.39, 0.29) is 0 Å². The molecule has 0 fully saturated rings. The average molecular weight is 341 g/mol. The van der Waals surface area contributed by atoms with E-state index in [1.165, 1.54) is 7.11 Å². The van der Waals surface area contributed by atoms with Gasteiger partial charge in [-0.05, 0) is 36.4 Å². The van der Waals surface area contributed by atoms with Crippen molar-refractivity contribution in [1.29, 1.82) is 0 Å². The fourth-order valence-corrected chi connectivity index (χ4v) is 3.47. The van der Waals surface area contributed by atoms with Crippen molar-refractivity contribution in [3.63, 3.8) is 0 Å². The lowest BCUT2D eigenvalue weighted by atomic mass is 10.3. The highest BCUT2D eigenvalue weighted by molar-refractivity contribution is 7.57. The molecule has 0 spiro atoms. The number of hydrogen-bond acceptors (Lipinski definition) is 4. The van der Waals surface area contributed by atoms with E-state index in [1.54, 1.807) is 0 Å². The normalized spacial score (nSPS) is 10.9. The summed E-state index contributed by atoms with van der Waals surface area (Å²) in [6, 6.07) is 28.0.